The molecule has 0 amide bonds. The van der Waals surface area contributed by atoms with Crippen LogP contribution in [0.4, 0.5) is 0 Å². The lowest BCUT2D eigenvalue weighted by Crippen LogP contribution is -2.45. The molecule has 2 rings (SSSR count). The molecule has 1 atom stereocenters. The predicted molar refractivity (Wildman–Crippen MR) is 80.1 cm³/mol. The average molecular weight is 297 g/mol. The van der Waals surface area contributed by atoms with Crippen LogP contribution in [0.25, 0.3) is 0 Å². The van der Waals surface area contributed by atoms with Gasteiger partial charge in [-0.15, -0.1) is 0 Å². The molecule has 1 aliphatic rings. The first-order valence-corrected chi connectivity index (χ1v) is 7.26. The average Bonchev–Trinajstić information content (AvgIpc) is 2.41. The summed E-state index contributed by atoms with van der Waals surface area (Å²) in [7, 11) is 3.98. The molecule has 0 radical (unpaired) electrons. The molecule has 20 heavy (non-hydrogen) atoms. The van der Waals surface area contributed by atoms with Crippen LogP contribution in [0.3, 0.4) is 0 Å². The number of hydrogen-bond donors (Lipinski definition) is 1. The molecule has 0 bridgehead atoms. The molecule has 1 fully saturated rings. The lowest BCUT2D eigenvalue weighted by Gasteiger charge is -2.38. The van der Waals surface area contributed by atoms with Crippen LogP contribution in [-0.2, 0) is 4.79 Å². The maximum atomic E-state index is 11.7. The maximum absolute atomic E-state index is 11.7. The molecule has 1 aromatic rings. The van der Waals surface area contributed by atoms with Gasteiger partial charge in [0.05, 0.1) is 0 Å². The number of benzene rings is 1. The Morgan fingerprint density at radius 2 is 2.00 bits per heavy atom. The third kappa shape index (κ3) is 3.32. The van der Waals surface area contributed by atoms with Crippen molar-refractivity contribution in [1.82, 2.24) is 9.80 Å². The molecule has 1 heterocycles. The molecule has 0 spiro atoms. The topological polar surface area (TPSA) is 43.8 Å². The van der Waals surface area contributed by atoms with E-state index in [0.717, 1.165) is 25.9 Å². The molecule has 0 aliphatic carbocycles. The van der Waals surface area contributed by atoms with Gasteiger partial charge in [-0.05, 0) is 51.7 Å². The zero-order chi connectivity index (χ0) is 14.7. The van der Waals surface area contributed by atoms with Crippen molar-refractivity contribution >= 4 is 17.6 Å². The van der Waals surface area contributed by atoms with Gasteiger partial charge in [-0.25, -0.2) is 0 Å². The zero-order valence-corrected chi connectivity index (χ0v) is 12.7. The monoisotopic (exact) mass is 296 g/mol. The van der Waals surface area contributed by atoms with E-state index in [-0.39, 0.29) is 6.04 Å². The Bertz CT molecular complexity index is 473. The first-order chi connectivity index (χ1) is 9.50. The third-order valence-corrected chi connectivity index (χ3v) is 4.45. The largest absolute Gasteiger partial charge is 0.480 e. The van der Waals surface area contributed by atoms with E-state index in [1.54, 1.807) is 12.1 Å². The summed E-state index contributed by atoms with van der Waals surface area (Å²) in [6.45, 7) is 2.01. The number of carboxylic acid groups (broad SMARTS) is 1. The fourth-order valence-corrected chi connectivity index (χ4v) is 3.08. The van der Waals surface area contributed by atoms with Crippen molar-refractivity contribution in [2.75, 3.05) is 27.2 Å². The van der Waals surface area contributed by atoms with Gasteiger partial charge in [0.2, 0.25) is 0 Å². The number of hydrogen-bond acceptors (Lipinski definition) is 3. The molecule has 0 saturated carbocycles. The SMILES string of the molecule is CN1CCC(N(C)C(C(=O)O)c2ccccc2Cl)CC1. The van der Waals surface area contributed by atoms with Crippen LogP contribution in [0.2, 0.25) is 5.02 Å². The molecule has 1 aliphatic heterocycles. The molecule has 5 heteroatoms. The number of likely N-dealkylation sites (N-methyl/N-ethyl adjacent to an activating group) is 1. The minimum absolute atomic E-state index is 0.281. The summed E-state index contributed by atoms with van der Waals surface area (Å²) in [5, 5.41) is 10.1. The lowest BCUT2D eigenvalue weighted by molar-refractivity contribution is -0.144. The summed E-state index contributed by atoms with van der Waals surface area (Å²) >= 11 is 6.17. The second-order valence-electron chi connectivity index (χ2n) is 5.46. The Morgan fingerprint density at radius 1 is 1.40 bits per heavy atom. The molecular formula is C15H21ClN2O2. The smallest absolute Gasteiger partial charge is 0.325 e. The molecule has 1 saturated heterocycles. The maximum Gasteiger partial charge on any atom is 0.325 e. The van der Waals surface area contributed by atoms with Gasteiger partial charge in [0, 0.05) is 11.1 Å². The number of rotatable bonds is 4. The van der Waals surface area contributed by atoms with Crippen molar-refractivity contribution in [2.24, 2.45) is 0 Å². The highest BCUT2D eigenvalue weighted by molar-refractivity contribution is 6.31. The lowest BCUT2D eigenvalue weighted by atomic mass is 9.98. The molecule has 110 valence electrons. The Hall–Kier alpha value is -1.10. The van der Waals surface area contributed by atoms with E-state index in [2.05, 4.69) is 11.9 Å². The quantitative estimate of drug-likeness (QED) is 0.927. The van der Waals surface area contributed by atoms with Gasteiger partial charge < -0.3 is 10.0 Å². The van der Waals surface area contributed by atoms with Gasteiger partial charge in [-0.2, -0.15) is 0 Å². The second-order valence-corrected chi connectivity index (χ2v) is 5.87. The molecule has 1 unspecified atom stereocenters. The Balaban J connectivity index is 2.21. The number of piperidine rings is 1. The van der Waals surface area contributed by atoms with Crippen molar-refractivity contribution in [3.63, 3.8) is 0 Å². The van der Waals surface area contributed by atoms with Gasteiger partial charge in [-0.3, -0.25) is 9.69 Å². The second kappa shape index (κ2) is 6.57. The van der Waals surface area contributed by atoms with Crippen molar-refractivity contribution in [1.29, 1.82) is 0 Å². The number of halogens is 1. The van der Waals surface area contributed by atoms with Crippen LogP contribution < -0.4 is 0 Å². The van der Waals surface area contributed by atoms with Gasteiger partial charge in [0.1, 0.15) is 6.04 Å². The van der Waals surface area contributed by atoms with Crippen LogP contribution in [0, 0.1) is 0 Å². The van der Waals surface area contributed by atoms with E-state index in [1.807, 2.05) is 24.1 Å². The summed E-state index contributed by atoms with van der Waals surface area (Å²) in [6, 6.07) is 6.79. The van der Waals surface area contributed by atoms with Crippen LogP contribution in [0.1, 0.15) is 24.4 Å². The minimum Gasteiger partial charge on any atom is -0.480 e. The summed E-state index contributed by atoms with van der Waals surface area (Å²) < 4.78 is 0. The number of nitrogens with zero attached hydrogens (tertiary/aromatic N) is 2. The number of likely N-dealkylation sites (tertiary alicyclic amines) is 1. The Labute approximate surface area is 124 Å². The van der Waals surface area contributed by atoms with Gasteiger partial charge in [-0.1, -0.05) is 29.8 Å². The summed E-state index contributed by atoms with van der Waals surface area (Å²) in [5.74, 6) is -0.848. The normalized spacial score (nSPS) is 19.2. The number of aliphatic carboxylic acids is 1. The van der Waals surface area contributed by atoms with Crippen molar-refractivity contribution in [3.05, 3.63) is 34.9 Å². The van der Waals surface area contributed by atoms with E-state index >= 15 is 0 Å². The van der Waals surface area contributed by atoms with Crippen molar-refractivity contribution in [3.8, 4) is 0 Å². The minimum atomic E-state index is -0.848. The fraction of sp³-hybridized carbons (Fsp3) is 0.533. The fourth-order valence-electron chi connectivity index (χ4n) is 2.84. The highest BCUT2D eigenvalue weighted by Crippen LogP contribution is 2.30. The Kier molecular flexibility index (Phi) is 5.02. The predicted octanol–water partition coefficient (Wildman–Crippen LogP) is 2.49. The molecule has 1 N–H and O–H groups in total. The summed E-state index contributed by atoms with van der Waals surface area (Å²) in [4.78, 5) is 15.9. The molecule has 4 nitrogen and oxygen atoms in total. The van der Waals surface area contributed by atoms with E-state index in [4.69, 9.17) is 11.6 Å². The summed E-state index contributed by atoms with van der Waals surface area (Å²) in [5.41, 5.74) is 0.670. The van der Waals surface area contributed by atoms with Gasteiger partial charge >= 0.3 is 5.97 Å². The molecule has 1 aromatic carbocycles. The van der Waals surface area contributed by atoms with Crippen molar-refractivity contribution in [2.45, 2.75) is 24.9 Å². The zero-order valence-electron chi connectivity index (χ0n) is 11.9. The number of carbonyl (C=O) groups is 1. The van der Waals surface area contributed by atoms with Crippen LogP contribution in [-0.4, -0.2) is 54.1 Å². The van der Waals surface area contributed by atoms with E-state index in [9.17, 15) is 9.90 Å². The van der Waals surface area contributed by atoms with E-state index < -0.39 is 12.0 Å². The first-order valence-electron chi connectivity index (χ1n) is 6.88. The van der Waals surface area contributed by atoms with Crippen LogP contribution >= 0.6 is 11.6 Å². The van der Waals surface area contributed by atoms with Crippen molar-refractivity contribution < 1.29 is 9.90 Å². The highest BCUT2D eigenvalue weighted by Gasteiger charge is 2.32. The van der Waals surface area contributed by atoms with E-state index in [0.29, 0.717) is 10.6 Å². The standard InChI is InChI=1S/C15H21ClN2O2/c1-17-9-7-11(8-10-17)18(2)14(15(19)20)12-5-3-4-6-13(12)16/h3-6,11,14H,7-10H2,1-2H3,(H,19,20). The van der Waals surface area contributed by atoms with Crippen LogP contribution in [0.15, 0.2) is 24.3 Å². The van der Waals surface area contributed by atoms with Gasteiger partial charge in [0.15, 0.2) is 0 Å². The first kappa shape index (κ1) is 15.3. The highest BCUT2D eigenvalue weighted by atomic mass is 35.5. The van der Waals surface area contributed by atoms with Crippen LogP contribution in [0.5, 0.6) is 0 Å². The van der Waals surface area contributed by atoms with E-state index in [1.165, 1.54) is 0 Å². The molecular weight excluding hydrogens is 276 g/mol. The third-order valence-electron chi connectivity index (χ3n) is 4.11. The summed E-state index contributed by atoms with van der Waals surface area (Å²) in [6.07, 6.45) is 1.97. The number of carboxylic acids is 1. The molecule has 0 aromatic heterocycles. The Morgan fingerprint density at radius 3 is 2.55 bits per heavy atom. The van der Waals surface area contributed by atoms with Gasteiger partial charge in [0.25, 0.3) is 0 Å².